The Kier molecular flexibility index (Phi) is 32.7. The first kappa shape index (κ1) is 72.7. The summed E-state index contributed by atoms with van der Waals surface area (Å²) >= 11 is 0. The molecule has 0 aliphatic carbocycles. The SMILES string of the molecule is CCC(CC)(CC(COP(=O)(O)O)NC(=O)COCCOCCOCCO[C@@H]1O[C@H](CO)[C@H](O)[C@H](O)[C@H]1NC(C)=O)OP(=O)(O)OCC1CC(O)(CC)N1C(=O)COCCOCCOCCO[C@@H]1O[C@H](CO)[C@H](O)[C@H](O)[C@H]1NC(C)=O. The Morgan fingerprint density at radius 3 is 1.49 bits per heavy atom. The van der Waals surface area contributed by atoms with E-state index >= 15 is 0 Å². The molecule has 474 valence electrons. The van der Waals surface area contributed by atoms with Crippen LogP contribution in [0.4, 0.5) is 0 Å². The Morgan fingerprint density at radius 2 is 1.09 bits per heavy atom. The standard InChI is InChI=1S/C46H86N4O29P2/c1-6-45(7-2,21-31(25-75-80(62,63)64)49-35(55)27-71-15-13-67-9-11-69-17-19-73-43-37(47-29(4)53)41(59)39(57)33(23-51)77-43)79-81(65,66)76-26-32-22-46(61,8-3)50(32)36(56)28-72-16-14-68-10-12-70-18-20-74-44-38(48-30(5)54)42(60)40(58)34(24-52)78-44/h31-34,37-44,51-52,57-61H,6-28H2,1-5H3,(H,47,53)(H,48,54)(H,49,55)(H,65,66)(H2,62,63,64)/t31?,32?,33-,34-,37-,38-,39+,40+,41-,42-,43-,44-,46?/m1/s1. The van der Waals surface area contributed by atoms with Crippen molar-refractivity contribution in [1.82, 2.24) is 20.9 Å². The van der Waals surface area contributed by atoms with Gasteiger partial charge in [-0.15, -0.1) is 0 Å². The van der Waals surface area contributed by atoms with E-state index in [0.717, 1.165) is 4.90 Å². The molecule has 0 aromatic rings. The van der Waals surface area contributed by atoms with E-state index in [1.54, 1.807) is 20.8 Å². The molecule has 3 saturated heterocycles. The average molecular weight is 1220 g/mol. The van der Waals surface area contributed by atoms with Crippen LogP contribution in [-0.4, -0.2) is 283 Å². The zero-order valence-electron chi connectivity index (χ0n) is 46.3. The smallest absolute Gasteiger partial charge is 0.394 e. The molecule has 3 aliphatic heterocycles. The molecule has 3 fully saturated rings. The molecule has 81 heavy (non-hydrogen) atoms. The van der Waals surface area contributed by atoms with Crippen LogP contribution < -0.4 is 16.0 Å². The molecule has 4 unspecified atom stereocenters. The maximum atomic E-state index is 13.5. The van der Waals surface area contributed by atoms with Crippen molar-refractivity contribution in [2.24, 2.45) is 0 Å². The second-order valence-corrected chi connectivity index (χ2v) is 21.7. The number of carbonyl (C=O) groups excluding carboxylic acids is 4. The highest BCUT2D eigenvalue weighted by Gasteiger charge is 2.53. The molecule has 35 heteroatoms. The van der Waals surface area contributed by atoms with Crippen LogP contribution >= 0.6 is 15.6 Å². The van der Waals surface area contributed by atoms with Crippen molar-refractivity contribution in [3.8, 4) is 0 Å². The average Bonchev–Trinajstić information content (AvgIpc) is 3.61. The van der Waals surface area contributed by atoms with Crippen LogP contribution in [0.15, 0.2) is 0 Å². The first-order chi connectivity index (χ1) is 38.3. The van der Waals surface area contributed by atoms with E-state index in [4.69, 9.17) is 56.4 Å². The van der Waals surface area contributed by atoms with Crippen molar-refractivity contribution >= 4 is 39.3 Å². The van der Waals surface area contributed by atoms with E-state index in [1.807, 2.05) is 0 Å². The number of nitrogens with zero attached hydrogens (tertiary/aromatic N) is 1. The van der Waals surface area contributed by atoms with Gasteiger partial charge in [0.1, 0.15) is 67.6 Å². The van der Waals surface area contributed by atoms with E-state index in [2.05, 4.69) is 20.5 Å². The summed E-state index contributed by atoms with van der Waals surface area (Å²) in [5.74, 6) is -2.39. The highest BCUT2D eigenvalue weighted by Crippen LogP contribution is 2.52. The molecule has 0 aromatic carbocycles. The summed E-state index contributed by atoms with van der Waals surface area (Å²) < 4.78 is 95.7. The zero-order valence-corrected chi connectivity index (χ0v) is 48.1. The van der Waals surface area contributed by atoms with Gasteiger partial charge >= 0.3 is 15.6 Å². The lowest BCUT2D eigenvalue weighted by atomic mass is 9.87. The monoisotopic (exact) mass is 1220 g/mol. The molecular formula is C46H86N4O29P2. The number of rotatable bonds is 42. The largest absolute Gasteiger partial charge is 0.472 e. The Morgan fingerprint density at radius 1 is 0.654 bits per heavy atom. The molecule has 14 atom stereocenters. The Labute approximate surface area is 469 Å². The lowest BCUT2D eigenvalue weighted by Gasteiger charge is -2.54. The number of aliphatic hydroxyl groups is 7. The van der Waals surface area contributed by atoms with Gasteiger partial charge in [-0.25, -0.2) is 9.13 Å². The lowest BCUT2D eigenvalue weighted by molar-refractivity contribution is -0.272. The Balaban J connectivity index is 1.38. The van der Waals surface area contributed by atoms with Gasteiger partial charge in [-0.1, -0.05) is 20.8 Å². The van der Waals surface area contributed by atoms with Gasteiger partial charge in [0, 0.05) is 20.3 Å². The molecule has 0 radical (unpaired) electrons. The van der Waals surface area contributed by atoms with E-state index in [-0.39, 0.29) is 111 Å². The summed E-state index contributed by atoms with van der Waals surface area (Å²) in [6, 6.07) is -4.28. The van der Waals surface area contributed by atoms with Crippen LogP contribution in [0.5, 0.6) is 0 Å². The van der Waals surface area contributed by atoms with Crippen LogP contribution in [0, 0.1) is 0 Å². The fourth-order valence-corrected chi connectivity index (χ4v) is 10.4. The molecule has 3 rings (SSSR count). The molecule has 0 bridgehead atoms. The number of amides is 4. The Hall–Kier alpha value is -2.58. The van der Waals surface area contributed by atoms with E-state index < -0.39 is 164 Å². The maximum Gasteiger partial charge on any atom is 0.472 e. The third-order valence-corrected chi connectivity index (χ3v) is 14.7. The van der Waals surface area contributed by atoms with Crippen LogP contribution in [0.1, 0.15) is 66.7 Å². The minimum atomic E-state index is -5.06. The molecule has 0 saturated carbocycles. The number of hydrogen-bond acceptors (Lipinski definition) is 26. The normalized spacial score (nSPS) is 28.2. The van der Waals surface area contributed by atoms with Crippen LogP contribution in [0.2, 0.25) is 0 Å². The lowest BCUT2D eigenvalue weighted by Crippen LogP contribution is -2.69. The predicted octanol–water partition coefficient (Wildman–Crippen LogP) is -4.62. The van der Waals surface area contributed by atoms with Crippen LogP contribution in [0.25, 0.3) is 0 Å². The minimum absolute atomic E-state index is 0.0171. The molecule has 4 amide bonds. The first-order valence-corrected chi connectivity index (χ1v) is 29.5. The topological polar surface area (TPSA) is 464 Å². The maximum absolute atomic E-state index is 13.5. The van der Waals surface area contributed by atoms with Gasteiger partial charge < -0.3 is 119 Å². The summed E-state index contributed by atoms with van der Waals surface area (Å²) in [6.45, 7) is 4.22. The van der Waals surface area contributed by atoms with Crippen molar-refractivity contribution in [3.05, 3.63) is 0 Å². The van der Waals surface area contributed by atoms with Crippen molar-refractivity contribution in [2.75, 3.05) is 119 Å². The van der Waals surface area contributed by atoms with E-state index in [1.165, 1.54) is 13.8 Å². The molecular weight excluding hydrogens is 1130 g/mol. The summed E-state index contributed by atoms with van der Waals surface area (Å²) in [5.41, 5.74) is -3.15. The zero-order chi connectivity index (χ0) is 60.4. The molecule has 3 heterocycles. The second-order valence-electron chi connectivity index (χ2n) is 19.1. The number of nitrogens with one attached hydrogen (secondary N) is 3. The predicted molar refractivity (Wildman–Crippen MR) is 273 cm³/mol. The molecule has 13 N–H and O–H groups in total. The fraction of sp³-hybridized carbons (Fsp3) is 0.913. The summed E-state index contributed by atoms with van der Waals surface area (Å²) in [7, 11) is -10.1. The molecule has 0 aromatic heterocycles. The summed E-state index contributed by atoms with van der Waals surface area (Å²) in [4.78, 5) is 80.4. The fourth-order valence-electron chi connectivity index (χ4n) is 8.84. The van der Waals surface area contributed by atoms with Crippen molar-refractivity contribution in [2.45, 2.75) is 151 Å². The van der Waals surface area contributed by atoms with Crippen LogP contribution in [-0.2, 0) is 89.2 Å². The molecule has 3 aliphatic rings. The van der Waals surface area contributed by atoms with Gasteiger partial charge in [0.15, 0.2) is 12.6 Å². The number of aliphatic hydroxyl groups excluding tert-OH is 6. The van der Waals surface area contributed by atoms with Crippen molar-refractivity contribution in [1.29, 1.82) is 0 Å². The highest BCUT2D eigenvalue weighted by atomic mass is 31.2. The van der Waals surface area contributed by atoms with Gasteiger partial charge in [0.05, 0.1) is 123 Å². The third kappa shape index (κ3) is 25.1. The number of ether oxygens (including phenoxy) is 10. The number of hydrogen-bond donors (Lipinski definition) is 13. The number of carbonyl (C=O) groups is 4. The van der Waals surface area contributed by atoms with Gasteiger partial charge in [-0.3, -0.25) is 32.7 Å². The van der Waals surface area contributed by atoms with Gasteiger partial charge in [0.25, 0.3) is 5.91 Å². The van der Waals surface area contributed by atoms with Crippen molar-refractivity contribution in [3.63, 3.8) is 0 Å². The number of phosphoric ester groups is 2. The second kappa shape index (κ2) is 36.4. The number of phosphoric acid groups is 2. The van der Waals surface area contributed by atoms with Crippen LogP contribution in [0.3, 0.4) is 0 Å². The highest BCUT2D eigenvalue weighted by molar-refractivity contribution is 7.47. The van der Waals surface area contributed by atoms with Gasteiger partial charge in [-0.2, -0.15) is 0 Å². The quantitative estimate of drug-likeness (QED) is 0.0202. The van der Waals surface area contributed by atoms with Gasteiger partial charge in [0.2, 0.25) is 17.7 Å². The van der Waals surface area contributed by atoms with E-state index in [0.29, 0.717) is 0 Å². The van der Waals surface area contributed by atoms with E-state index in [9.17, 15) is 78.7 Å². The van der Waals surface area contributed by atoms with Gasteiger partial charge in [-0.05, 0) is 25.7 Å². The summed E-state index contributed by atoms with van der Waals surface area (Å²) in [6.07, 6.45) is -10.6. The van der Waals surface area contributed by atoms with Crippen molar-refractivity contribution < 1.29 is 140 Å². The molecule has 0 spiro atoms. The third-order valence-electron chi connectivity index (χ3n) is 13.1. The number of likely N-dealkylation sites (tertiary alicyclic amines) is 1. The first-order valence-electron chi connectivity index (χ1n) is 26.5. The summed E-state index contributed by atoms with van der Waals surface area (Å²) in [5, 5.41) is 78.5. The molecule has 33 nitrogen and oxygen atoms in total. The Bertz CT molecular complexity index is 1960. The minimum Gasteiger partial charge on any atom is -0.394 e.